The maximum atomic E-state index is 12.5. The van der Waals surface area contributed by atoms with Gasteiger partial charge in [-0.15, -0.1) is 13.2 Å². The van der Waals surface area contributed by atoms with Gasteiger partial charge in [-0.25, -0.2) is 4.98 Å². The lowest BCUT2D eigenvalue weighted by Crippen LogP contribution is -2.38. The van der Waals surface area contributed by atoms with Gasteiger partial charge in [0, 0.05) is 38.2 Å². The van der Waals surface area contributed by atoms with Crippen molar-refractivity contribution in [3.63, 3.8) is 0 Å². The number of benzene rings is 2. The Hall–Kier alpha value is -3.37. The Labute approximate surface area is 212 Å². The van der Waals surface area contributed by atoms with E-state index >= 15 is 0 Å². The third-order valence-corrected chi connectivity index (χ3v) is 6.69. The summed E-state index contributed by atoms with van der Waals surface area (Å²) in [6.07, 6.45) is -3.41. The number of morpholine rings is 1. The van der Waals surface area contributed by atoms with Gasteiger partial charge in [0.05, 0.1) is 29.9 Å². The molecule has 0 aliphatic carbocycles. The fourth-order valence-electron chi connectivity index (χ4n) is 4.85. The highest BCUT2D eigenvalue weighted by atomic mass is 19.4. The van der Waals surface area contributed by atoms with Crippen molar-refractivity contribution < 1.29 is 27.2 Å². The highest BCUT2D eigenvalue weighted by Gasteiger charge is 2.31. The van der Waals surface area contributed by atoms with E-state index in [0.29, 0.717) is 12.8 Å². The summed E-state index contributed by atoms with van der Waals surface area (Å²) < 4.78 is 54.5. The molecule has 5 rings (SSSR count). The van der Waals surface area contributed by atoms with Crippen molar-refractivity contribution in [3.05, 3.63) is 65.3 Å². The first kappa shape index (κ1) is 25.3. The second kappa shape index (κ2) is 10.5. The predicted molar refractivity (Wildman–Crippen MR) is 132 cm³/mol. The molecule has 2 aromatic heterocycles. The van der Waals surface area contributed by atoms with Crippen molar-refractivity contribution in [3.8, 4) is 16.9 Å². The topological polar surface area (TPSA) is 65.6 Å². The average Bonchev–Trinajstić information content (AvgIpc) is 3.39. The smallest absolute Gasteiger partial charge is 0.406 e. The Kier molecular flexibility index (Phi) is 7.21. The minimum Gasteiger partial charge on any atom is -0.406 e. The Balaban J connectivity index is 1.40. The van der Waals surface area contributed by atoms with Crippen molar-refractivity contribution in [1.82, 2.24) is 19.6 Å². The fraction of sp³-hybridized carbons (Fsp3) is 0.407. The molecule has 37 heavy (non-hydrogen) atoms. The fourth-order valence-corrected chi connectivity index (χ4v) is 4.85. The van der Waals surface area contributed by atoms with Crippen LogP contribution < -0.4 is 4.74 Å². The molecular formula is C27H29F3N4O3. The number of alkyl halides is 3. The highest BCUT2D eigenvalue weighted by molar-refractivity contribution is 5.83. The molecule has 196 valence electrons. The second-order valence-corrected chi connectivity index (χ2v) is 9.23. The third-order valence-electron chi connectivity index (χ3n) is 6.69. The molecule has 0 atom stereocenters. The molecule has 1 fully saturated rings. The standard InChI is InChI=1S/C27H29F3N4O3/c1-18-26(19(2)37-32-18)21-6-9-24-23(17-21)31-25(34(24)12-11-33-13-15-35-16-14-33)10-5-20-3-7-22(8-4-20)36-27(28,29)30/h3-4,6-9,17H,5,10-16H2,1-2H3. The van der Waals surface area contributed by atoms with Crippen LogP contribution in [0.3, 0.4) is 0 Å². The molecule has 0 amide bonds. The maximum absolute atomic E-state index is 12.5. The summed E-state index contributed by atoms with van der Waals surface area (Å²) in [7, 11) is 0. The van der Waals surface area contributed by atoms with E-state index in [0.717, 1.165) is 84.4 Å². The van der Waals surface area contributed by atoms with Crippen LogP contribution in [0.15, 0.2) is 47.0 Å². The molecule has 2 aromatic carbocycles. The molecule has 7 nitrogen and oxygen atoms in total. The van der Waals surface area contributed by atoms with E-state index in [4.69, 9.17) is 14.2 Å². The predicted octanol–water partition coefficient (Wildman–Crippen LogP) is 5.32. The molecule has 0 radical (unpaired) electrons. The zero-order chi connectivity index (χ0) is 26.0. The summed E-state index contributed by atoms with van der Waals surface area (Å²) >= 11 is 0. The maximum Gasteiger partial charge on any atom is 0.573 e. The summed E-state index contributed by atoms with van der Waals surface area (Å²) in [5.41, 5.74) is 5.68. The van der Waals surface area contributed by atoms with Crippen molar-refractivity contribution in [2.24, 2.45) is 0 Å². The molecule has 1 aliphatic rings. The molecule has 0 bridgehead atoms. The first-order chi connectivity index (χ1) is 17.8. The Morgan fingerprint density at radius 3 is 2.41 bits per heavy atom. The first-order valence-corrected chi connectivity index (χ1v) is 12.3. The molecule has 0 spiro atoms. The first-order valence-electron chi connectivity index (χ1n) is 12.3. The van der Waals surface area contributed by atoms with Crippen LogP contribution >= 0.6 is 0 Å². The van der Waals surface area contributed by atoms with E-state index in [2.05, 4.69) is 37.6 Å². The molecule has 0 saturated carbocycles. The Bertz CT molecular complexity index is 1340. The van der Waals surface area contributed by atoms with Gasteiger partial charge in [0.1, 0.15) is 17.3 Å². The Morgan fingerprint density at radius 1 is 0.973 bits per heavy atom. The van der Waals surface area contributed by atoms with Gasteiger partial charge in [-0.05, 0) is 55.7 Å². The lowest BCUT2D eigenvalue weighted by molar-refractivity contribution is -0.274. The van der Waals surface area contributed by atoms with Crippen LogP contribution in [0, 0.1) is 13.8 Å². The van der Waals surface area contributed by atoms with E-state index in [-0.39, 0.29) is 5.75 Å². The van der Waals surface area contributed by atoms with Crippen molar-refractivity contribution in [1.29, 1.82) is 0 Å². The third kappa shape index (κ3) is 5.97. The zero-order valence-electron chi connectivity index (χ0n) is 20.8. The molecule has 1 saturated heterocycles. The highest BCUT2D eigenvalue weighted by Crippen LogP contribution is 2.30. The minimum absolute atomic E-state index is 0.221. The average molecular weight is 515 g/mol. The van der Waals surface area contributed by atoms with E-state index in [1.54, 1.807) is 12.1 Å². The largest absolute Gasteiger partial charge is 0.573 e. The van der Waals surface area contributed by atoms with Crippen LogP contribution in [0.1, 0.15) is 22.8 Å². The number of halogens is 3. The van der Waals surface area contributed by atoms with E-state index in [1.807, 2.05) is 13.8 Å². The number of aromatic nitrogens is 3. The molecule has 4 aromatic rings. The van der Waals surface area contributed by atoms with Crippen molar-refractivity contribution >= 4 is 11.0 Å². The normalized spacial score (nSPS) is 14.9. The lowest BCUT2D eigenvalue weighted by Gasteiger charge is -2.27. The van der Waals surface area contributed by atoms with Gasteiger partial charge in [-0.2, -0.15) is 0 Å². The number of aryl methyl sites for hydroxylation is 4. The van der Waals surface area contributed by atoms with Gasteiger partial charge >= 0.3 is 6.36 Å². The molecule has 3 heterocycles. The second-order valence-electron chi connectivity index (χ2n) is 9.23. The van der Waals surface area contributed by atoms with E-state index in [9.17, 15) is 13.2 Å². The Morgan fingerprint density at radius 2 is 1.73 bits per heavy atom. The molecule has 0 unspecified atom stereocenters. The van der Waals surface area contributed by atoms with Gasteiger partial charge in [0.25, 0.3) is 0 Å². The molecular weight excluding hydrogens is 485 g/mol. The number of rotatable bonds is 8. The number of imidazole rings is 1. The molecule has 0 N–H and O–H groups in total. The van der Waals surface area contributed by atoms with Crippen LogP contribution in [-0.4, -0.2) is 58.8 Å². The number of fused-ring (bicyclic) bond motifs is 1. The molecule has 10 heteroatoms. The van der Waals surface area contributed by atoms with Gasteiger partial charge in [0.2, 0.25) is 0 Å². The summed E-state index contributed by atoms with van der Waals surface area (Å²) in [5.74, 6) is 1.48. The number of hydrogen-bond donors (Lipinski definition) is 0. The number of nitrogens with zero attached hydrogens (tertiary/aromatic N) is 4. The van der Waals surface area contributed by atoms with Crippen LogP contribution in [-0.2, 0) is 24.1 Å². The molecule has 1 aliphatic heterocycles. The summed E-state index contributed by atoms with van der Waals surface area (Å²) in [6, 6.07) is 12.3. The van der Waals surface area contributed by atoms with Crippen LogP contribution in [0.4, 0.5) is 13.2 Å². The van der Waals surface area contributed by atoms with E-state index in [1.165, 1.54) is 12.1 Å². The number of ether oxygens (including phenoxy) is 2. The van der Waals surface area contributed by atoms with Crippen LogP contribution in [0.5, 0.6) is 5.75 Å². The minimum atomic E-state index is -4.70. The zero-order valence-corrected chi connectivity index (χ0v) is 20.8. The quantitative estimate of drug-likeness (QED) is 0.317. The van der Waals surface area contributed by atoms with Gasteiger partial charge < -0.3 is 18.6 Å². The van der Waals surface area contributed by atoms with Gasteiger partial charge in [0.15, 0.2) is 0 Å². The van der Waals surface area contributed by atoms with Crippen LogP contribution in [0.2, 0.25) is 0 Å². The van der Waals surface area contributed by atoms with E-state index < -0.39 is 6.36 Å². The SMILES string of the molecule is Cc1noc(C)c1-c1ccc2c(c1)nc(CCc1ccc(OC(F)(F)F)cc1)n2CCN1CCOCC1. The van der Waals surface area contributed by atoms with Gasteiger partial charge in [-0.1, -0.05) is 23.4 Å². The number of hydrogen-bond acceptors (Lipinski definition) is 6. The summed E-state index contributed by atoms with van der Waals surface area (Å²) in [4.78, 5) is 7.37. The van der Waals surface area contributed by atoms with Crippen molar-refractivity contribution in [2.45, 2.75) is 39.6 Å². The monoisotopic (exact) mass is 514 g/mol. The van der Waals surface area contributed by atoms with Gasteiger partial charge in [-0.3, -0.25) is 4.90 Å². The van der Waals surface area contributed by atoms with Crippen molar-refractivity contribution in [2.75, 3.05) is 32.8 Å². The van der Waals surface area contributed by atoms with Crippen LogP contribution in [0.25, 0.3) is 22.2 Å². The summed E-state index contributed by atoms with van der Waals surface area (Å²) in [6.45, 7) is 8.80. The lowest BCUT2D eigenvalue weighted by atomic mass is 10.0. The summed E-state index contributed by atoms with van der Waals surface area (Å²) in [5, 5.41) is 4.08.